The number of benzene rings is 7. The number of H-pyrrole nitrogens is 1. The number of alkyl halides is 1. The summed E-state index contributed by atoms with van der Waals surface area (Å²) in [5.41, 5.74) is 28.1. The summed E-state index contributed by atoms with van der Waals surface area (Å²) in [6, 6.07) is 50.1. The fourth-order valence-electron chi connectivity index (χ4n) is 8.63. The van der Waals surface area contributed by atoms with Crippen molar-refractivity contribution >= 4 is 124 Å². The number of nitrogens with two attached hydrogens (primary N) is 3. The zero-order chi connectivity index (χ0) is 55.4. The van der Waals surface area contributed by atoms with Crippen LogP contribution in [0.5, 0.6) is 0 Å². The van der Waals surface area contributed by atoms with E-state index in [1.807, 2.05) is 120 Å². The third kappa shape index (κ3) is 12.4. The van der Waals surface area contributed by atoms with Gasteiger partial charge in [0.05, 0.1) is 78.2 Å². The third-order valence-corrected chi connectivity index (χ3v) is 12.8. The Morgan fingerprint density at radius 2 is 0.875 bits per heavy atom. The van der Waals surface area contributed by atoms with Crippen LogP contribution < -0.4 is 17.2 Å². The van der Waals surface area contributed by atoms with E-state index in [0.717, 1.165) is 61.5 Å². The van der Waals surface area contributed by atoms with Crippen LogP contribution in [-0.2, 0) is 19.0 Å². The number of nitro benzene ring substituents is 3. The van der Waals surface area contributed by atoms with E-state index in [1.165, 1.54) is 47.6 Å². The van der Waals surface area contributed by atoms with E-state index in [0.29, 0.717) is 34.7 Å². The van der Waals surface area contributed by atoms with Gasteiger partial charge in [0.2, 0.25) is 0 Å². The van der Waals surface area contributed by atoms with Crippen LogP contribution in [-0.4, -0.2) is 58.8 Å². The smallest absolute Gasteiger partial charge is 0.297 e. The van der Waals surface area contributed by atoms with Gasteiger partial charge in [0.15, 0.2) is 11.0 Å². The number of nitro groups is 3. The molecule has 0 atom stereocenters. The lowest BCUT2D eigenvalue weighted by molar-refractivity contribution is -0.383. The van der Waals surface area contributed by atoms with Gasteiger partial charge in [-0.05, 0) is 83.4 Å². The van der Waals surface area contributed by atoms with E-state index in [-0.39, 0.29) is 40.8 Å². The fraction of sp³-hybridized carbons (Fsp3) is 0.0526. The van der Waals surface area contributed by atoms with Gasteiger partial charge < -0.3 is 31.3 Å². The summed E-state index contributed by atoms with van der Waals surface area (Å²) in [6.07, 6.45) is 10.4. The Bertz CT molecular complexity index is 4330. The Hall–Kier alpha value is -10.6. The second-order valence-corrected chi connectivity index (χ2v) is 17.6. The highest BCUT2D eigenvalue weighted by Gasteiger charge is 2.17. The number of aromatic nitrogens is 9. The molecule has 7 N–H and O–H groups in total. The van der Waals surface area contributed by atoms with Crippen LogP contribution in [0.1, 0.15) is 16.7 Å². The van der Waals surface area contributed by atoms with Crippen molar-refractivity contribution in [2.45, 2.75) is 19.0 Å². The van der Waals surface area contributed by atoms with Gasteiger partial charge in [0.25, 0.3) is 17.1 Å². The molecular weight excluding hydrogens is 1060 g/mol. The molecule has 13 aromatic rings. The molecule has 0 aliphatic heterocycles. The minimum atomic E-state index is -0.564. The van der Waals surface area contributed by atoms with Crippen molar-refractivity contribution in [2.24, 2.45) is 0 Å². The van der Waals surface area contributed by atoms with Crippen molar-refractivity contribution in [3.63, 3.8) is 0 Å². The number of nitrogen functional groups attached to an aromatic ring is 3. The van der Waals surface area contributed by atoms with Crippen LogP contribution in [0.25, 0.3) is 65.8 Å². The molecule has 400 valence electrons. The number of imidazole rings is 3. The number of hydrogen-bond donors (Lipinski definition) is 4. The summed E-state index contributed by atoms with van der Waals surface area (Å²) in [6.45, 7) is 1.34. The van der Waals surface area contributed by atoms with Crippen LogP contribution in [0.15, 0.2) is 201 Å². The molecule has 7 aromatic carbocycles. The van der Waals surface area contributed by atoms with Gasteiger partial charge in [0.1, 0.15) is 11.2 Å². The van der Waals surface area contributed by atoms with Crippen molar-refractivity contribution in [3.05, 3.63) is 248 Å². The van der Waals surface area contributed by atoms with Crippen molar-refractivity contribution in [1.29, 1.82) is 0 Å². The molecule has 0 saturated carbocycles. The number of para-hydroxylation sites is 7. The number of fused-ring (bicyclic) bond motifs is 6. The maximum atomic E-state index is 11.1. The molecule has 0 bridgehead atoms. The molecule has 0 amide bonds. The highest BCUT2D eigenvalue weighted by molar-refractivity contribution is 6.18. The monoisotopic (exact) mass is 1110 g/mol. The van der Waals surface area contributed by atoms with Gasteiger partial charge in [-0.1, -0.05) is 78.9 Å². The Kier molecular flexibility index (Phi) is 17.7. The molecule has 0 fully saturated rings. The quantitative estimate of drug-likeness (QED) is 0.0476. The van der Waals surface area contributed by atoms with Crippen LogP contribution in [0.2, 0.25) is 0 Å². The first-order valence-corrected chi connectivity index (χ1v) is 24.6. The van der Waals surface area contributed by atoms with Crippen molar-refractivity contribution in [1.82, 2.24) is 44.0 Å². The molecule has 6 heterocycles. The Morgan fingerprint density at radius 3 is 1.40 bits per heavy atom. The molecule has 0 spiro atoms. The number of nitrogens with one attached hydrogen (secondary N) is 1. The number of anilines is 3. The standard InChI is InChI=1S/C17H12N4O2.C17H14N4.C10H8ClN.C7H5N3O2.C6H7N3O2.ClH/c22-21(23)16-7-3-6-15-17(16)19-11-20(15)10-12-8-9-18-14-5-2-1-4-13(12)14;18-14-5-3-7-16-17(14)20-11-21(16)10-12-8-9-19-15-6-2-1-4-13(12)15;11-7-8-5-6-12-10-4-2-1-3-9(8)10;11-10(12)6-3-1-2-5-7(6)9-4-8-5;7-4-2-1-3-5(6(4)8)9(10)11;/h1-9,11H,10H2;1-9,11H,10,18H2;1-6H,7H2;1-4H,(H,8,9);1-3H,7-8H2;1H. The van der Waals surface area contributed by atoms with Gasteiger partial charge in [-0.25, -0.2) is 15.0 Å². The first-order valence-electron chi connectivity index (χ1n) is 24.1. The molecule has 0 saturated heterocycles. The van der Waals surface area contributed by atoms with Gasteiger partial charge in [0, 0.05) is 71.9 Å². The highest BCUT2D eigenvalue weighted by Crippen LogP contribution is 2.28. The minimum absolute atomic E-state index is 0. The van der Waals surface area contributed by atoms with E-state index < -0.39 is 14.8 Å². The molecule has 0 radical (unpaired) electrons. The first kappa shape index (κ1) is 55.6. The maximum absolute atomic E-state index is 11.1. The number of hydrogen-bond acceptors (Lipinski definition) is 15. The lowest BCUT2D eigenvalue weighted by atomic mass is 10.1. The summed E-state index contributed by atoms with van der Waals surface area (Å²) in [7, 11) is 0. The molecule has 21 nitrogen and oxygen atoms in total. The Labute approximate surface area is 465 Å². The lowest BCUT2D eigenvalue weighted by Crippen LogP contribution is -1.99. The fourth-order valence-corrected chi connectivity index (χ4v) is 8.87. The van der Waals surface area contributed by atoms with E-state index in [9.17, 15) is 30.3 Å². The first-order chi connectivity index (χ1) is 38.4. The summed E-state index contributed by atoms with van der Waals surface area (Å²) >= 11 is 5.78. The number of rotatable bonds is 8. The predicted octanol–water partition coefficient (Wildman–Crippen LogP) is 12.4. The molecule has 0 aliphatic carbocycles. The second-order valence-electron chi connectivity index (χ2n) is 17.3. The van der Waals surface area contributed by atoms with E-state index in [2.05, 4.69) is 51.6 Å². The average Bonchev–Trinajstić information content (AvgIpc) is 4.24. The highest BCUT2D eigenvalue weighted by atomic mass is 35.5. The molecule has 6 aromatic heterocycles. The maximum Gasteiger partial charge on any atom is 0.297 e. The van der Waals surface area contributed by atoms with E-state index >= 15 is 0 Å². The second kappa shape index (κ2) is 25.5. The van der Waals surface area contributed by atoms with Gasteiger partial charge in [-0.2, -0.15) is 0 Å². The summed E-state index contributed by atoms with van der Waals surface area (Å²) in [5, 5.41) is 35.2. The normalized spacial score (nSPS) is 10.6. The molecular formula is C57H47Cl2N15O6. The number of non-ortho nitro benzene ring substituents is 2. The molecule has 23 heteroatoms. The number of aromatic amines is 1. The molecule has 0 aliphatic rings. The van der Waals surface area contributed by atoms with Crippen molar-refractivity contribution in [2.75, 3.05) is 17.2 Å². The van der Waals surface area contributed by atoms with Crippen molar-refractivity contribution < 1.29 is 14.8 Å². The molecule has 0 unspecified atom stereocenters. The van der Waals surface area contributed by atoms with Gasteiger partial charge >= 0.3 is 0 Å². The van der Waals surface area contributed by atoms with Crippen molar-refractivity contribution in [3.8, 4) is 0 Å². The van der Waals surface area contributed by atoms with Crippen LogP contribution >= 0.6 is 24.0 Å². The largest absolute Gasteiger partial charge is 0.397 e. The van der Waals surface area contributed by atoms with Crippen LogP contribution in [0, 0.1) is 30.3 Å². The predicted molar refractivity (Wildman–Crippen MR) is 315 cm³/mol. The van der Waals surface area contributed by atoms with E-state index in [4.69, 9.17) is 28.8 Å². The molecule has 13 rings (SSSR count). The van der Waals surface area contributed by atoms with Crippen LogP contribution in [0.4, 0.5) is 34.1 Å². The zero-order valence-corrected chi connectivity index (χ0v) is 43.6. The SMILES string of the molecule is Cl.ClCc1ccnc2ccccc12.Nc1cccc([N+](=O)[O-])c1N.Nc1cccc2c1ncn2Cc1ccnc2ccccc12.O=[N+]([O-])c1cccc2[nH]cnc12.O=[N+]([O-])c1cccc2c1ncn2Cc1ccnc2ccccc12. The van der Waals surface area contributed by atoms with E-state index in [1.54, 1.807) is 36.9 Å². The zero-order valence-electron chi connectivity index (χ0n) is 42.1. The average molecular weight is 1110 g/mol. The van der Waals surface area contributed by atoms with Gasteiger partial charge in [-0.15, -0.1) is 24.0 Å². The third-order valence-electron chi connectivity index (χ3n) is 12.5. The minimum Gasteiger partial charge on any atom is -0.397 e. The number of pyridine rings is 3. The van der Waals surface area contributed by atoms with Crippen LogP contribution in [0.3, 0.4) is 0 Å². The topological polar surface area (TPSA) is 310 Å². The summed E-state index contributed by atoms with van der Waals surface area (Å²) < 4.78 is 4.04. The molecule has 80 heavy (non-hydrogen) atoms. The lowest BCUT2D eigenvalue weighted by Gasteiger charge is -2.08. The Balaban J connectivity index is 0.000000136. The van der Waals surface area contributed by atoms with Gasteiger partial charge in [-0.3, -0.25) is 45.3 Å². The number of nitrogens with zero attached hydrogens (tertiary/aromatic N) is 11. The summed E-state index contributed by atoms with van der Waals surface area (Å²) in [5.74, 6) is 0.545. The summed E-state index contributed by atoms with van der Waals surface area (Å²) in [4.78, 5) is 58.7. The Morgan fingerprint density at radius 1 is 0.450 bits per heavy atom. The number of halogens is 2.